The molecule has 4 rings (SSSR count). The zero-order valence-electron chi connectivity index (χ0n) is 18.8. The molecule has 0 radical (unpaired) electrons. The van der Waals surface area contributed by atoms with E-state index in [2.05, 4.69) is 22.3 Å². The Morgan fingerprint density at radius 2 is 1.61 bits per heavy atom. The second-order valence-electron chi connectivity index (χ2n) is 9.17. The fraction of sp³-hybridized carbons (Fsp3) is 0.462. The van der Waals surface area contributed by atoms with Crippen molar-refractivity contribution in [1.82, 2.24) is 15.1 Å². The number of hydrogen-bond acceptors (Lipinski definition) is 3. The van der Waals surface area contributed by atoms with E-state index >= 15 is 0 Å². The van der Waals surface area contributed by atoms with Gasteiger partial charge in [0.05, 0.1) is 12.3 Å². The molecule has 1 unspecified atom stereocenters. The van der Waals surface area contributed by atoms with Crippen LogP contribution in [0.1, 0.15) is 36.8 Å². The lowest BCUT2D eigenvalue weighted by molar-refractivity contribution is -0.135. The molecule has 7 heteroatoms. The molecule has 0 aliphatic carbocycles. The molecule has 2 aromatic rings. The monoisotopic (exact) mass is 471 g/mol. The number of benzene rings is 2. The van der Waals surface area contributed by atoms with Crippen molar-refractivity contribution in [3.8, 4) is 0 Å². The highest BCUT2D eigenvalue weighted by atomic mass is 35.5. The summed E-state index contributed by atoms with van der Waals surface area (Å²) in [6.07, 6.45) is 3.73. The third kappa shape index (κ3) is 6.78. The van der Waals surface area contributed by atoms with E-state index < -0.39 is 0 Å². The van der Waals surface area contributed by atoms with Gasteiger partial charge < -0.3 is 10.2 Å². The summed E-state index contributed by atoms with van der Waals surface area (Å²) in [6.45, 7) is 3.92. The fourth-order valence-electron chi connectivity index (χ4n) is 4.71. The van der Waals surface area contributed by atoms with E-state index in [4.69, 9.17) is 11.6 Å². The van der Waals surface area contributed by atoms with E-state index in [1.54, 1.807) is 17.0 Å². The van der Waals surface area contributed by atoms with Crippen molar-refractivity contribution in [2.45, 2.75) is 44.7 Å². The van der Waals surface area contributed by atoms with Crippen LogP contribution >= 0.6 is 11.6 Å². The van der Waals surface area contributed by atoms with Gasteiger partial charge in [-0.05, 0) is 61.1 Å². The molecule has 2 heterocycles. The number of carbonyl (C=O) groups is 2. The van der Waals surface area contributed by atoms with Gasteiger partial charge in [0.1, 0.15) is 5.82 Å². The molecule has 5 nitrogen and oxygen atoms in total. The summed E-state index contributed by atoms with van der Waals surface area (Å²) >= 11 is 5.97. The first-order chi connectivity index (χ1) is 16.0. The van der Waals surface area contributed by atoms with Crippen molar-refractivity contribution < 1.29 is 14.0 Å². The van der Waals surface area contributed by atoms with Crippen LogP contribution in [0, 0.1) is 11.7 Å². The van der Waals surface area contributed by atoms with Gasteiger partial charge in [0.25, 0.3) is 0 Å². The van der Waals surface area contributed by atoms with E-state index in [9.17, 15) is 14.0 Å². The Hall–Kier alpha value is -2.44. The number of carbonyl (C=O) groups excluding carboxylic acids is 2. The van der Waals surface area contributed by atoms with Crippen molar-refractivity contribution in [2.24, 2.45) is 5.92 Å². The lowest BCUT2D eigenvalue weighted by atomic mass is 9.95. The van der Waals surface area contributed by atoms with Crippen LogP contribution in [0.2, 0.25) is 5.02 Å². The van der Waals surface area contributed by atoms with Crippen molar-refractivity contribution in [3.05, 3.63) is 70.5 Å². The summed E-state index contributed by atoms with van der Waals surface area (Å²) in [5, 5.41) is 3.98. The Balaban J connectivity index is 1.21. The van der Waals surface area contributed by atoms with Gasteiger partial charge in [-0.2, -0.15) is 0 Å². The maximum Gasteiger partial charge on any atom is 0.227 e. The molecule has 2 aliphatic rings. The number of likely N-dealkylation sites (tertiary alicyclic amines) is 2. The fourth-order valence-corrected chi connectivity index (χ4v) is 4.83. The van der Waals surface area contributed by atoms with Gasteiger partial charge in [-0.25, -0.2) is 4.39 Å². The van der Waals surface area contributed by atoms with Crippen molar-refractivity contribution >= 4 is 23.4 Å². The molecule has 33 heavy (non-hydrogen) atoms. The first-order valence-corrected chi connectivity index (χ1v) is 12.1. The lowest BCUT2D eigenvalue weighted by Crippen LogP contribution is -2.50. The smallest absolute Gasteiger partial charge is 0.227 e. The highest BCUT2D eigenvalue weighted by Crippen LogP contribution is 2.20. The molecule has 0 bridgehead atoms. The zero-order chi connectivity index (χ0) is 23.2. The van der Waals surface area contributed by atoms with Gasteiger partial charge in [-0.3, -0.25) is 14.5 Å². The second-order valence-corrected chi connectivity index (χ2v) is 9.60. The zero-order valence-corrected chi connectivity index (χ0v) is 19.6. The Bertz CT molecular complexity index is 943. The normalized spacial score (nSPS) is 19.9. The van der Waals surface area contributed by atoms with Gasteiger partial charge in [0.2, 0.25) is 11.8 Å². The topological polar surface area (TPSA) is 52.7 Å². The van der Waals surface area contributed by atoms with Gasteiger partial charge in [-0.15, -0.1) is 0 Å². The molecule has 0 spiro atoms. The molecule has 1 atom stereocenters. The predicted molar refractivity (Wildman–Crippen MR) is 127 cm³/mol. The maximum absolute atomic E-state index is 13.1. The molecule has 2 saturated heterocycles. The highest BCUT2D eigenvalue weighted by molar-refractivity contribution is 6.30. The van der Waals surface area contributed by atoms with Crippen LogP contribution in [0.15, 0.2) is 48.5 Å². The Morgan fingerprint density at radius 1 is 0.939 bits per heavy atom. The summed E-state index contributed by atoms with van der Waals surface area (Å²) in [5.41, 5.74) is 2.04. The highest BCUT2D eigenvalue weighted by Gasteiger charge is 2.30. The molecule has 0 saturated carbocycles. The van der Waals surface area contributed by atoms with Crippen LogP contribution in [0.3, 0.4) is 0 Å². The Labute approximate surface area is 199 Å². The predicted octanol–water partition coefficient (Wildman–Crippen LogP) is 4.04. The molecule has 2 aliphatic heterocycles. The quantitative estimate of drug-likeness (QED) is 0.691. The molecular weight excluding hydrogens is 441 g/mol. The average Bonchev–Trinajstić information content (AvgIpc) is 2.83. The van der Waals surface area contributed by atoms with E-state index in [1.165, 1.54) is 17.7 Å². The minimum absolute atomic E-state index is 0.00499. The summed E-state index contributed by atoms with van der Waals surface area (Å²) in [6, 6.07) is 14.2. The summed E-state index contributed by atoms with van der Waals surface area (Å²) in [7, 11) is 0. The average molecular weight is 472 g/mol. The third-order valence-corrected chi connectivity index (χ3v) is 6.92. The Kier molecular flexibility index (Phi) is 7.99. The third-order valence-electron chi connectivity index (χ3n) is 6.67. The van der Waals surface area contributed by atoms with E-state index in [1.807, 2.05) is 12.1 Å². The number of nitrogens with zero attached hydrogens (tertiary/aromatic N) is 2. The molecular formula is C26H31ClFN3O2. The number of rotatable bonds is 6. The molecule has 176 valence electrons. The van der Waals surface area contributed by atoms with Crippen LogP contribution in [-0.4, -0.2) is 53.8 Å². The molecule has 0 aromatic heterocycles. The minimum Gasteiger partial charge on any atom is -0.353 e. The molecule has 2 amide bonds. The first-order valence-electron chi connectivity index (χ1n) is 11.8. The standard InChI is InChI=1S/C26H31ClFN3O2/c27-22-7-3-20(4-8-22)17-30-14-11-24(12-15-30)29-26(33)21-2-1-13-31(18-21)25(32)16-19-5-9-23(28)10-6-19/h3-10,21,24H,1-2,11-18H2,(H,29,33). The molecule has 2 aromatic carbocycles. The summed E-state index contributed by atoms with van der Waals surface area (Å²) < 4.78 is 13.1. The second kappa shape index (κ2) is 11.1. The summed E-state index contributed by atoms with van der Waals surface area (Å²) in [5.74, 6) is -0.417. The summed E-state index contributed by atoms with van der Waals surface area (Å²) in [4.78, 5) is 29.8. The van der Waals surface area contributed by atoms with Crippen LogP contribution in [0.25, 0.3) is 0 Å². The van der Waals surface area contributed by atoms with Crippen LogP contribution in [-0.2, 0) is 22.6 Å². The maximum atomic E-state index is 13.1. The lowest BCUT2D eigenvalue weighted by Gasteiger charge is -2.35. The van der Waals surface area contributed by atoms with Crippen LogP contribution in [0.5, 0.6) is 0 Å². The number of piperidine rings is 2. The molecule has 1 N–H and O–H groups in total. The van der Waals surface area contributed by atoms with Gasteiger partial charge >= 0.3 is 0 Å². The SMILES string of the molecule is O=C(NC1CCN(Cc2ccc(Cl)cc2)CC1)C1CCCN(C(=O)Cc2ccc(F)cc2)C1. The number of amides is 2. The van der Waals surface area contributed by atoms with E-state index in [-0.39, 0.29) is 36.0 Å². The van der Waals surface area contributed by atoms with E-state index in [0.29, 0.717) is 13.1 Å². The van der Waals surface area contributed by atoms with E-state index in [0.717, 1.165) is 55.9 Å². The van der Waals surface area contributed by atoms with Crippen molar-refractivity contribution in [1.29, 1.82) is 0 Å². The largest absolute Gasteiger partial charge is 0.353 e. The van der Waals surface area contributed by atoms with Crippen molar-refractivity contribution in [3.63, 3.8) is 0 Å². The molecule has 2 fully saturated rings. The van der Waals surface area contributed by atoms with Crippen LogP contribution < -0.4 is 5.32 Å². The van der Waals surface area contributed by atoms with Gasteiger partial charge in [-0.1, -0.05) is 35.9 Å². The Morgan fingerprint density at radius 3 is 2.30 bits per heavy atom. The number of halogens is 2. The minimum atomic E-state index is -0.309. The van der Waals surface area contributed by atoms with Crippen molar-refractivity contribution in [2.75, 3.05) is 26.2 Å². The van der Waals surface area contributed by atoms with Gasteiger partial charge in [0.15, 0.2) is 0 Å². The van der Waals surface area contributed by atoms with Gasteiger partial charge in [0, 0.05) is 43.8 Å². The number of nitrogens with one attached hydrogen (secondary N) is 1. The first kappa shape index (κ1) is 23.7. The van der Waals surface area contributed by atoms with Crippen LogP contribution in [0.4, 0.5) is 4.39 Å². The number of hydrogen-bond donors (Lipinski definition) is 1.